The average molecular weight is 205 g/mol. The van der Waals surface area contributed by atoms with Crippen LogP contribution in [0.25, 0.3) is 0 Å². The van der Waals surface area contributed by atoms with Gasteiger partial charge in [-0.3, -0.25) is 0 Å². The van der Waals surface area contributed by atoms with E-state index >= 15 is 0 Å². The van der Waals surface area contributed by atoms with Crippen LogP contribution in [-0.2, 0) is 0 Å². The first-order valence-corrected chi connectivity index (χ1v) is 5.97. The molecular formula is C8H16NSe+. The molecule has 0 saturated heterocycles. The fourth-order valence-electron chi connectivity index (χ4n) is 0.734. The van der Waals surface area contributed by atoms with E-state index in [1.165, 1.54) is 6.42 Å². The van der Waals surface area contributed by atoms with Crippen LogP contribution >= 0.6 is 0 Å². The molecule has 0 N–H and O–H groups in total. The molecule has 0 aromatic carbocycles. The second-order valence-electron chi connectivity index (χ2n) is 2.32. The number of allylic oxidation sites excluding steroid dienone is 1. The van der Waals surface area contributed by atoms with Gasteiger partial charge in [-0.05, 0) is 0 Å². The summed E-state index contributed by atoms with van der Waals surface area (Å²) in [6, 6.07) is 0. The first-order valence-electron chi connectivity index (χ1n) is 3.40. The predicted molar refractivity (Wildman–Crippen MR) is 48.2 cm³/mol. The number of hydrogen-bond donors (Lipinski definition) is 0. The van der Waals surface area contributed by atoms with Gasteiger partial charge < -0.3 is 0 Å². The van der Waals surface area contributed by atoms with Gasteiger partial charge in [-0.1, -0.05) is 0 Å². The van der Waals surface area contributed by atoms with Crippen molar-refractivity contribution < 1.29 is 4.58 Å². The molecule has 0 radical (unpaired) electrons. The maximum atomic E-state index is 3.70. The van der Waals surface area contributed by atoms with Gasteiger partial charge in [0.25, 0.3) is 0 Å². The summed E-state index contributed by atoms with van der Waals surface area (Å²) in [5.41, 5.74) is 0. The summed E-state index contributed by atoms with van der Waals surface area (Å²) in [6.07, 6.45) is 4.28. The topological polar surface area (TPSA) is 3.01 Å². The Morgan fingerprint density at radius 1 is 1.60 bits per heavy atom. The predicted octanol–water partition coefficient (Wildman–Crippen LogP) is 1.38. The van der Waals surface area contributed by atoms with Crippen molar-refractivity contribution in [3.05, 3.63) is 12.7 Å². The van der Waals surface area contributed by atoms with Gasteiger partial charge in [-0.2, -0.15) is 0 Å². The number of hydrogen-bond acceptors (Lipinski definition) is 0. The van der Waals surface area contributed by atoms with Crippen LogP contribution in [-0.4, -0.2) is 38.2 Å². The Morgan fingerprint density at radius 3 is 2.50 bits per heavy atom. The summed E-state index contributed by atoms with van der Waals surface area (Å²) in [4.78, 5) is 0. The van der Waals surface area contributed by atoms with E-state index in [1.54, 1.807) is 4.61 Å². The van der Waals surface area contributed by atoms with Crippen LogP contribution < -0.4 is 0 Å². The quantitative estimate of drug-likeness (QED) is 0.282. The molecule has 0 unspecified atom stereocenters. The third-order valence-corrected chi connectivity index (χ3v) is 3.48. The molecule has 0 aromatic rings. The summed E-state index contributed by atoms with van der Waals surface area (Å²) in [5.74, 6) is 2.26. The van der Waals surface area contributed by atoms with E-state index in [-0.39, 0.29) is 0 Å². The molecule has 0 amide bonds. The van der Waals surface area contributed by atoms with Crippen LogP contribution in [0.15, 0.2) is 12.7 Å². The van der Waals surface area contributed by atoms with E-state index in [4.69, 9.17) is 0 Å². The first-order chi connectivity index (χ1) is 4.72. The molecule has 0 fully saturated rings. The van der Waals surface area contributed by atoms with Crippen molar-refractivity contribution in [3.63, 3.8) is 0 Å². The van der Waals surface area contributed by atoms with Crippen LogP contribution in [0.1, 0.15) is 12.8 Å². The normalized spacial score (nSPS) is 9.10. The van der Waals surface area contributed by atoms with Crippen molar-refractivity contribution in [1.82, 2.24) is 0 Å². The fraction of sp³-hybridized carbons (Fsp3) is 0.625. The van der Waals surface area contributed by atoms with Gasteiger partial charge in [0.2, 0.25) is 0 Å². The van der Waals surface area contributed by atoms with Gasteiger partial charge in [-0.15, -0.1) is 0 Å². The number of nitrogens with zero attached hydrogens (tertiary/aromatic N) is 1. The number of rotatable bonds is 4. The third-order valence-electron chi connectivity index (χ3n) is 1.30. The molecule has 58 valence electrons. The Hall–Kier alpha value is -0.0705. The molecule has 0 aliphatic rings. The first kappa shape index (κ1) is 9.93. The Kier molecular flexibility index (Phi) is 5.65. The standard InChI is InChI=1S/C8H16NSe/c1-5-6-7-8(10-4)9(2)3/h5H,1,6-7H2,2-4H3/q+1. The molecule has 0 heterocycles. The second-order valence-corrected chi connectivity index (χ2v) is 4.16. The van der Waals surface area contributed by atoms with E-state index in [1.807, 2.05) is 6.08 Å². The summed E-state index contributed by atoms with van der Waals surface area (Å²) >= 11 is 0.659. The Bertz CT molecular complexity index is 134. The molecule has 10 heavy (non-hydrogen) atoms. The van der Waals surface area contributed by atoms with Crippen LogP contribution in [0.3, 0.4) is 0 Å². The molecule has 0 aliphatic carbocycles. The van der Waals surface area contributed by atoms with E-state index in [9.17, 15) is 0 Å². The average Bonchev–Trinajstić information content (AvgIpc) is 1.89. The summed E-state index contributed by atoms with van der Waals surface area (Å²) in [7, 11) is 4.23. The molecule has 0 bridgehead atoms. The zero-order valence-corrected chi connectivity index (χ0v) is 8.77. The SMILES string of the molecule is C=CCCC([Se]C)=[N+](C)C. The van der Waals surface area contributed by atoms with Crippen LogP contribution in [0, 0.1) is 0 Å². The van der Waals surface area contributed by atoms with E-state index in [2.05, 4.69) is 31.1 Å². The van der Waals surface area contributed by atoms with E-state index < -0.39 is 0 Å². The zero-order valence-electron chi connectivity index (χ0n) is 7.05. The van der Waals surface area contributed by atoms with E-state index in [0.717, 1.165) is 6.42 Å². The molecule has 0 saturated carbocycles. The Balaban J connectivity index is 3.84. The van der Waals surface area contributed by atoms with Gasteiger partial charge in [0.05, 0.1) is 0 Å². The van der Waals surface area contributed by atoms with Gasteiger partial charge in [0.1, 0.15) is 0 Å². The molecule has 1 nitrogen and oxygen atoms in total. The summed E-state index contributed by atoms with van der Waals surface area (Å²) < 4.78 is 3.79. The van der Waals surface area contributed by atoms with Crippen molar-refractivity contribution >= 4 is 19.6 Å². The van der Waals surface area contributed by atoms with Crippen LogP contribution in [0.5, 0.6) is 0 Å². The Labute approximate surface area is 70.0 Å². The Morgan fingerprint density at radius 2 is 2.20 bits per heavy atom. The van der Waals surface area contributed by atoms with Crippen molar-refractivity contribution in [2.75, 3.05) is 14.1 Å². The molecule has 0 rings (SSSR count). The summed E-state index contributed by atoms with van der Waals surface area (Å²) in [6.45, 7) is 3.70. The van der Waals surface area contributed by atoms with Crippen molar-refractivity contribution in [2.24, 2.45) is 0 Å². The minimum atomic E-state index is 0.659. The van der Waals surface area contributed by atoms with Gasteiger partial charge in [0, 0.05) is 0 Å². The molecule has 0 aromatic heterocycles. The minimum absolute atomic E-state index is 0.659. The fourth-order valence-corrected chi connectivity index (χ4v) is 2.18. The molecule has 0 aliphatic heterocycles. The molecular weight excluding hydrogens is 189 g/mol. The third kappa shape index (κ3) is 3.86. The van der Waals surface area contributed by atoms with Crippen LogP contribution in [0.4, 0.5) is 0 Å². The molecule has 0 atom stereocenters. The van der Waals surface area contributed by atoms with Gasteiger partial charge in [0.15, 0.2) is 0 Å². The summed E-state index contributed by atoms with van der Waals surface area (Å²) in [5, 5.41) is 0. The monoisotopic (exact) mass is 206 g/mol. The maximum absolute atomic E-state index is 3.70. The zero-order chi connectivity index (χ0) is 7.98. The second kappa shape index (κ2) is 5.69. The van der Waals surface area contributed by atoms with Crippen molar-refractivity contribution in [2.45, 2.75) is 18.7 Å². The van der Waals surface area contributed by atoms with Crippen molar-refractivity contribution in [1.29, 1.82) is 0 Å². The molecule has 2 heteroatoms. The molecule has 0 spiro atoms. The van der Waals surface area contributed by atoms with Crippen molar-refractivity contribution in [3.8, 4) is 0 Å². The van der Waals surface area contributed by atoms with Crippen LogP contribution in [0.2, 0.25) is 5.82 Å². The van der Waals surface area contributed by atoms with Gasteiger partial charge in [-0.25, -0.2) is 0 Å². The van der Waals surface area contributed by atoms with Gasteiger partial charge >= 0.3 is 69.6 Å². The van der Waals surface area contributed by atoms with E-state index in [0.29, 0.717) is 15.0 Å².